The van der Waals surface area contributed by atoms with Crippen LogP contribution in [0.15, 0.2) is 12.2 Å². The lowest BCUT2D eigenvalue weighted by molar-refractivity contribution is 0.636. The molecule has 0 radical (unpaired) electrons. The quantitative estimate of drug-likeness (QED) is 0.278. The third kappa shape index (κ3) is 16.1. The first-order chi connectivity index (χ1) is 8.41. The Kier molecular flexibility index (Phi) is 16.2. The normalized spacial score (nSPS) is 11.4. The fourth-order valence-corrected chi connectivity index (χ4v) is 2.59. The van der Waals surface area contributed by atoms with E-state index >= 15 is 0 Å². The summed E-state index contributed by atoms with van der Waals surface area (Å²) < 4.78 is 0. The lowest BCUT2D eigenvalue weighted by atomic mass is 10.1. The van der Waals surface area contributed by atoms with Gasteiger partial charge in [0.15, 0.2) is 0 Å². The number of unbranched alkanes of at least 4 members (excludes halogenated alkanes) is 8. The molecule has 0 N–H and O–H groups in total. The molecule has 17 heavy (non-hydrogen) atoms. The summed E-state index contributed by atoms with van der Waals surface area (Å²) in [6.07, 6.45) is 18.6. The highest BCUT2D eigenvalue weighted by Crippen LogP contribution is 2.08. The van der Waals surface area contributed by atoms with Gasteiger partial charge < -0.3 is 0 Å². The van der Waals surface area contributed by atoms with Gasteiger partial charge in [-0.2, -0.15) is 11.8 Å². The van der Waals surface area contributed by atoms with Gasteiger partial charge in [0.2, 0.25) is 0 Å². The number of allylic oxidation sites excluding steroid dienone is 2. The molecule has 0 aromatic heterocycles. The molecule has 0 saturated heterocycles. The molecule has 0 nitrogen and oxygen atoms in total. The molecular weight excluding hydrogens is 224 g/mol. The largest absolute Gasteiger partial charge is 0.162 e. The Morgan fingerprint density at radius 3 is 1.88 bits per heavy atom. The maximum Gasteiger partial charge on any atom is -0.00676 e. The molecule has 0 aliphatic carbocycles. The number of thioether (sulfide) groups is 1. The smallest absolute Gasteiger partial charge is 0.00676 e. The summed E-state index contributed by atoms with van der Waals surface area (Å²) in [5, 5.41) is 0. The van der Waals surface area contributed by atoms with Gasteiger partial charge in [0.05, 0.1) is 0 Å². The van der Waals surface area contributed by atoms with Gasteiger partial charge in [0.1, 0.15) is 0 Å². The lowest BCUT2D eigenvalue weighted by Crippen LogP contribution is -1.81. The first-order valence-electron chi connectivity index (χ1n) is 7.64. The summed E-state index contributed by atoms with van der Waals surface area (Å²) in [6, 6.07) is 0. The fraction of sp³-hybridized carbons (Fsp3) is 0.875. The summed E-state index contributed by atoms with van der Waals surface area (Å²) in [6.45, 7) is 4.52. The van der Waals surface area contributed by atoms with Gasteiger partial charge in [-0.15, -0.1) is 0 Å². The van der Waals surface area contributed by atoms with Crippen molar-refractivity contribution >= 4 is 11.8 Å². The number of hydrogen-bond donors (Lipinski definition) is 0. The van der Waals surface area contributed by atoms with E-state index in [1.807, 2.05) is 0 Å². The topological polar surface area (TPSA) is 0 Å². The zero-order chi connectivity index (χ0) is 12.6. The highest BCUT2D eigenvalue weighted by atomic mass is 32.2. The Labute approximate surface area is 114 Å². The minimum atomic E-state index is 1.28. The predicted octanol–water partition coefficient (Wildman–Crippen LogP) is 6.22. The number of hydrogen-bond acceptors (Lipinski definition) is 1. The fourth-order valence-electron chi connectivity index (χ4n) is 1.89. The summed E-state index contributed by atoms with van der Waals surface area (Å²) in [7, 11) is 0. The third-order valence-electron chi connectivity index (χ3n) is 3.00. The van der Waals surface area contributed by atoms with E-state index in [4.69, 9.17) is 0 Å². The van der Waals surface area contributed by atoms with Crippen molar-refractivity contribution < 1.29 is 0 Å². The van der Waals surface area contributed by atoms with E-state index in [1.165, 1.54) is 75.7 Å². The zero-order valence-electron chi connectivity index (χ0n) is 12.0. The van der Waals surface area contributed by atoms with Gasteiger partial charge in [-0.25, -0.2) is 0 Å². The average molecular weight is 256 g/mol. The van der Waals surface area contributed by atoms with Gasteiger partial charge in [-0.05, 0) is 43.6 Å². The van der Waals surface area contributed by atoms with Crippen LogP contribution in [-0.4, -0.2) is 11.5 Å². The second-order valence-electron chi connectivity index (χ2n) is 4.72. The number of rotatable bonds is 13. The molecule has 0 rings (SSSR count). The molecule has 0 aromatic carbocycles. The van der Waals surface area contributed by atoms with Crippen molar-refractivity contribution in [2.24, 2.45) is 0 Å². The Hall–Kier alpha value is 0.0900. The molecule has 1 heteroatoms. The predicted molar refractivity (Wildman–Crippen MR) is 84.0 cm³/mol. The van der Waals surface area contributed by atoms with E-state index in [9.17, 15) is 0 Å². The molecular formula is C16H32S. The van der Waals surface area contributed by atoms with Crippen molar-refractivity contribution in [1.29, 1.82) is 0 Å². The maximum absolute atomic E-state index is 2.40. The van der Waals surface area contributed by atoms with E-state index in [1.54, 1.807) is 0 Å². The minimum Gasteiger partial charge on any atom is -0.162 e. The van der Waals surface area contributed by atoms with E-state index < -0.39 is 0 Å². The van der Waals surface area contributed by atoms with Crippen LogP contribution in [0.1, 0.15) is 78.1 Å². The monoisotopic (exact) mass is 256 g/mol. The van der Waals surface area contributed by atoms with Crippen molar-refractivity contribution in [2.75, 3.05) is 11.5 Å². The third-order valence-corrected chi connectivity index (χ3v) is 3.99. The van der Waals surface area contributed by atoms with Gasteiger partial charge in [0, 0.05) is 0 Å². The molecule has 102 valence electrons. The SMILES string of the molecule is CCCCCCCC=CCCCCCSCC. The molecule has 0 fully saturated rings. The van der Waals surface area contributed by atoms with Crippen LogP contribution in [0.5, 0.6) is 0 Å². The summed E-state index contributed by atoms with van der Waals surface area (Å²) >= 11 is 2.07. The molecule has 0 saturated carbocycles. The highest BCUT2D eigenvalue weighted by Gasteiger charge is 1.89. The van der Waals surface area contributed by atoms with Crippen molar-refractivity contribution in [3.8, 4) is 0 Å². The molecule has 0 aromatic rings. The molecule has 0 aliphatic rings. The average Bonchev–Trinajstić information content (AvgIpc) is 2.35. The Morgan fingerprint density at radius 1 is 0.706 bits per heavy atom. The Morgan fingerprint density at radius 2 is 1.29 bits per heavy atom. The van der Waals surface area contributed by atoms with Crippen molar-refractivity contribution in [3.05, 3.63) is 12.2 Å². The van der Waals surface area contributed by atoms with Crippen LogP contribution < -0.4 is 0 Å². The van der Waals surface area contributed by atoms with E-state index in [2.05, 4.69) is 37.8 Å². The van der Waals surface area contributed by atoms with E-state index in [0.29, 0.717) is 0 Å². The van der Waals surface area contributed by atoms with Gasteiger partial charge >= 0.3 is 0 Å². The van der Waals surface area contributed by atoms with Gasteiger partial charge in [0.25, 0.3) is 0 Å². The lowest BCUT2D eigenvalue weighted by Gasteiger charge is -1.98. The van der Waals surface area contributed by atoms with Crippen molar-refractivity contribution in [3.63, 3.8) is 0 Å². The summed E-state index contributed by atoms with van der Waals surface area (Å²) in [5.74, 6) is 2.63. The van der Waals surface area contributed by atoms with Gasteiger partial charge in [-0.3, -0.25) is 0 Å². The molecule has 0 aliphatic heterocycles. The minimum absolute atomic E-state index is 1.28. The van der Waals surface area contributed by atoms with Crippen LogP contribution in [0.3, 0.4) is 0 Å². The molecule has 0 atom stereocenters. The van der Waals surface area contributed by atoms with Gasteiger partial charge in [-0.1, -0.05) is 58.1 Å². The zero-order valence-corrected chi connectivity index (χ0v) is 12.9. The van der Waals surface area contributed by atoms with Crippen LogP contribution in [0.25, 0.3) is 0 Å². The van der Waals surface area contributed by atoms with E-state index in [0.717, 1.165) is 0 Å². The molecule has 0 unspecified atom stereocenters. The second kappa shape index (κ2) is 16.1. The first kappa shape index (κ1) is 17.1. The molecule has 0 bridgehead atoms. The van der Waals surface area contributed by atoms with Crippen LogP contribution >= 0.6 is 11.8 Å². The second-order valence-corrected chi connectivity index (χ2v) is 6.11. The van der Waals surface area contributed by atoms with Crippen molar-refractivity contribution in [1.82, 2.24) is 0 Å². The maximum atomic E-state index is 2.40. The van der Waals surface area contributed by atoms with Crippen LogP contribution in [0, 0.1) is 0 Å². The Bertz CT molecular complexity index is 152. The standard InChI is InChI=1S/C16H32S/c1-3-5-6-7-8-9-10-11-12-13-14-15-16-17-4-2/h10-11H,3-9,12-16H2,1-2H3. The Balaban J connectivity index is 2.99. The molecule has 0 amide bonds. The van der Waals surface area contributed by atoms with Crippen molar-refractivity contribution in [2.45, 2.75) is 78.1 Å². The van der Waals surface area contributed by atoms with Crippen LogP contribution in [-0.2, 0) is 0 Å². The molecule has 0 heterocycles. The first-order valence-corrected chi connectivity index (χ1v) is 8.80. The summed E-state index contributed by atoms with van der Waals surface area (Å²) in [4.78, 5) is 0. The highest BCUT2D eigenvalue weighted by molar-refractivity contribution is 7.99. The summed E-state index contributed by atoms with van der Waals surface area (Å²) in [5.41, 5.74) is 0. The van der Waals surface area contributed by atoms with Crippen LogP contribution in [0.2, 0.25) is 0 Å². The van der Waals surface area contributed by atoms with Crippen LogP contribution in [0.4, 0.5) is 0 Å². The molecule has 0 spiro atoms. The van der Waals surface area contributed by atoms with E-state index in [-0.39, 0.29) is 0 Å².